The Labute approximate surface area is 89.0 Å². The molecule has 0 amide bonds. The molecular weight excluding hydrogens is 176 g/mol. The van der Waals surface area contributed by atoms with Crippen LogP contribution < -0.4 is 0 Å². The average molecular weight is 204 g/mol. The van der Waals surface area contributed by atoms with Crippen molar-refractivity contribution in [3.05, 3.63) is 0 Å². The normalized spacial score (nSPS) is 12.2. The van der Waals surface area contributed by atoms with E-state index in [4.69, 9.17) is 0 Å². The maximum Gasteiger partial charge on any atom is 0.0540 e. The second-order valence-electron chi connectivity index (χ2n) is 4.00. The Balaban J connectivity index is 0. The molecule has 88 valence electrons. The highest BCUT2D eigenvalue weighted by atomic mass is 16.3. The predicted octanol–water partition coefficient (Wildman–Crippen LogP) is 3.07. The Kier molecular flexibility index (Phi) is 15.1. The standard InChI is InChI=1S/C12H26O.H2O/c1-3-5-7-8-9-11-12(13)10-6-4-2;/h12-13H,3-11H2,1-2H3;1H2. The van der Waals surface area contributed by atoms with Crippen LogP contribution in [-0.2, 0) is 0 Å². The molecule has 1 unspecified atom stereocenters. The number of aliphatic hydroxyl groups is 1. The fourth-order valence-electron chi connectivity index (χ4n) is 1.57. The number of unbranched alkanes of at least 4 members (excludes halogenated alkanes) is 5. The van der Waals surface area contributed by atoms with Crippen LogP contribution in [0.15, 0.2) is 0 Å². The van der Waals surface area contributed by atoms with Gasteiger partial charge in [-0.25, -0.2) is 0 Å². The summed E-state index contributed by atoms with van der Waals surface area (Å²) in [6, 6.07) is 0. The molecule has 14 heavy (non-hydrogen) atoms. The lowest BCUT2D eigenvalue weighted by atomic mass is 10.0. The van der Waals surface area contributed by atoms with Gasteiger partial charge in [-0.05, 0) is 12.8 Å². The second kappa shape index (κ2) is 12.9. The highest BCUT2D eigenvalue weighted by molar-refractivity contribution is 4.55. The van der Waals surface area contributed by atoms with Crippen LogP contribution in [-0.4, -0.2) is 16.7 Å². The van der Waals surface area contributed by atoms with E-state index in [1.807, 2.05) is 0 Å². The lowest BCUT2D eigenvalue weighted by Gasteiger charge is -2.08. The number of hydrogen-bond donors (Lipinski definition) is 1. The van der Waals surface area contributed by atoms with Crippen LogP contribution in [0.1, 0.15) is 71.6 Å². The molecule has 3 N–H and O–H groups in total. The molecule has 0 fully saturated rings. The fraction of sp³-hybridized carbons (Fsp3) is 1.00. The van der Waals surface area contributed by atoms with Crippen LogP contribution in [0, 0.1) is 0 Å². The van der Waals surface area contributed by atoms with Gasteiger partial charge in [0, 0.05) is 0 Å². The fourth-order valence-corrected chi connectivity index (χ4v) is 1.57. The molecule has 0 saturated carbocycles. The van der Waals surface area contributed by atoms with Gasteiger partial charge in [-0.2, -0.15) is 0 Å². The van der Waals surface area contributed by atoms with Gasteiger partial charge < -0.3 is 10.6 Å². The first-order valence-corrected chi connectivity index (χ1v) is 5.99. The van der Waals surface area contributed by atoms with E-state index in [9.17, 15) is 5.11 Å². The van der Waals surface area contributed by atoms with Gasteiger partial charge in [0.1, 0.15) is 0 Å². The van der Waals surface area contributed by atoms with E-state index in [1.54, 1.807) is 0 Å². The lowest BCUT2D eigenvalue weighted by molar-refractivity contribution is 0.148. The third-order valence-electron chi connectivity index (χ3n) is 2.53. The molecule has 2 nitrogen and oxygen atoms in total. The van der Waals surface area contributed by atoms with Crippen molar-refractivity contribution in [1.29, 1.82) is 0 Å². The molecule has 0 aliphatic rings. The summed E-state index contributed by atoms with van der Waals surface area (Å²) < 4.78 is 0. The van der Waals surface area contributed by atoms with Crippen molar-refractivity contribution in [3.63, 3.8) is 0 Å². The quantitative estimate of drug-likeness (QED) is 0.576. The van der Waals surface area contributed by atoms with Crippen LogP contribution in [0.3, 0.4) is 0 Å². The summed E-state index contributed by atoms with van der Waals surface area (Å²) in [7, 11) is 0. The summed E-state index contributed by atoms with van der Waals surface area (Å²) in [5.74, 6) is 0. The van der Waals surface area contributed by atoms with Crippen molar-refractivity contribution in [3.8, 4) is 0 Å². The molecule has 0 rings (SSSR count). The molecule has 2 heteroatoms. The van der Waals surface area contributed by atoms with Crippen LogP contribution in [0.2, 0.25) is 0 Å². The van der Waals surface area contributed by atoms with E-state index in [2.05, 4.69) is 13.8 Å². The molecule has 0 saturated heterocycles. The predicted molar refractivity (Wildman–Crippen MR) is 62.5 cm³/mol. The molecule has 0 aromatic heterocycles. The van der Waals surface area contributed by atoms with Gasteiger partial charge in [0.15, 0.2) is 0 Å². The minimum atomic E-state index is -0.0263. The monoisotopic (exact) mass is 204 g/mol. The first-order valence-electron chi connectivity index (χ1n) is 5.99. The molecule has 0 bridgehead atoms. The van der Waals surface area contributed by atoms with E-state index in [1.165, 1.54) is 44.9 Å². The summed E-state index contributed by atoms with van der Waals surface area (Å²) in [6.45, 7) is 4.41. The van der Waals surface area contributed by atoms with Crippen LogP contribution in [0.25, 0.3) is 0 Å². The minimum Gasteiger partial charge on any atom is -0.412 e. The number of rotatable bonds is 9. The molecule has 0 heterocycles. The van der Waals surface area contributed by atoms with Crippen molar-refractivity contribution in [2.75, 3.05) is 0 Å². The zero-order valence-electron chi connectivity index (χ0n) is 9.89. The van der Waals surface area contributed by atoms with E-state index < -0.39 is 0 Å². The van der Waals surface area contributed by atoms with Gasteiger partial charge in [0.05, 0.1) is 6.10 Å². The van der Waals surface area contributed by atoms with Crippen molar-refractivity contribution in [2.24, 2.45) is 0 Å². The third kappa shape index (κ3) is 11.9. The van der Waals surface area contributed by atoms with Crippen molar-refractivity contribution in [1.82, 2.24) is 0 Å². The van der Waals surface area contributed by atoms with Crippen molar-refractivity contribution >= 4 is 0 Å². The highest BCUT2D eigenvalue weighted by Crippen LogP contribution is 2.10. The summed E-state index contributed by atoms with van der Waals surface area (Å²) >= 11 is 0. The molecule has 0 aliphatic carbocycles. The Hall–Kier alpha value is -0.0800. The first kappa shape index (κ1) is 16.4. The zero-order chi connectivity index (χ0) is 9.94. The van der Waals surface area contributed by atoms with Gasteiger partial charge in [0.2, 0.25) is 0 Å². The summed E-state index contributed by atoms with van der Waals surface area (Å²) in [5.41, 5.74) is 0. The highest BCUT2D eigenvalue weighted by Gasteiger charge is 2.01. The molecule has 1 atom stereocenters. The van der Waals surface area contributed by atoms with E-state index in [0.29, 0.717) is 0 Å². The van der Waals surface area contributed by atoms with Gasteiger partial charge in [0.25, 0.3) is 0 Å². The van der Waals surface area contributed by atoms with Crippen LogP contribution in [0.5, 0.6) is 0 Å². The SMILES string of the molecule is CCCCCCCC(O)CCCC.O. The van der Waals surface area contributed by atoms with Crippen LogP contribution >= 0.6 is 0 Å². The van der Waals surface area contributed by atoms with Crippen LogP contribution in [0.4, 0.5) is 0 Å². The van der Waals surface area contributed by atoms with Crippen molar-refractivity contribution in [2.45, 2.75) is 77.7 Å². The van der Waals surface area contributed by atoms with Gasteiger partial charge in [-0.3, -0.25) is 0 Å². The van der Waals surface area contributed by atoms with Crippen molar-refractivity contribution < 1.29 is 10.6 Å². The Morgan fingerprint density at radius 3 is 1.86 bits per heavy atom. The summed E-state index contributed by atoms with van der Waals surface area (Å²) in [6.07, 6.45) is 10.9. The van der Waals surface area contributed by atoms with Gasteiger partial charge in [-0.15, -0.1) is 0 Å². The summed E-state index contributed by atoms with van der Waals surface area (Å²) in [4.78, 5) is 0. The lowest BCUT2D eigenvalue weighted by Crippen LogP contribution is -2.05. The first-order chi connectivity index (χ1) is 6.31. The third-order valence-corrected chi connectivity index (χ3v) is 2.53. The average Bonchev–Trinajstić information content (AvgIpc) is 2.14. The smallest absolute Gasteiger partial charge is 0.0540 e. The van der Waals surface area contributed by atoms with Gasteiger partial charge >= 0.3 is 0 Å². The molecular formula is C12H28O2. The molecule has 0 aromatic carbocycles. The minimum absolute atomic E-state index is 0. The Morgan fingerprint density at radius 2 is 1.29 bits per heavy atom. The van der Waals surface area contributed by atoms with E-state index in [0.717, 1.165) is 12.8 Å². The number of hydrogen-bond acceptors (Lipinski definition) is 1. The molecule has 0 aliphatic heterocycles. The topological polar surface area (TPSA) is 51.7 Å². The second-order valence-corrected chi connectivity index (χ2v) is 4.00. The molecule has 0 radical (unpaired) electrons. The molecule has 0 spiro atoms. The van der Waals surface area contributed by atoms with E-state index in [-0.39, 0.29) is 11.6 Å². The Bertz CT molecular complexity index is 94.3. The van der Waals surface area contributed by atoms with Gasteiger partial charge in [-0.1, -0.05) is 58.8 Å². The maximum atomic E-state index is 9.54. The Morgan fingerprint density at radius 1 is 0.786 bits per heavy atom. The largest absolute Gasteiger partial charge is 0.412 e. The zero-order valence-corrected chi connectivity index (χ0v) is 9.89. The molecule has 0 aromatic rings. The number of aliphatic hydroxyl groups excluding tert-OH is 1. The maximum absolute atomic E-state index is 9.54. The summed E-state index contributed by atoms with van der Waals surface area (Å²) in [5, 5.41) is 9.54. The van der Waals surface area contributed by atoms with E-state index >= 15 is 0 Å².